The molecule has 0 bridgehead atoms. The summed E-state index contributed by atoms with van der Waals surface area (Å²) in [6, 6.07) is -0.695. The van der Waals surface area contributed by atoms with E-state index in [1.807, 2.05) is 0 Å². The lowest BCUT2D eigenvalue weighted by atomic mass is 10.0. The molecule has 0 aromatic rings. The number of aliphatic hydroxyl groups excluding tert-OH is 2. The van der Waals surface area contributed by atoms with Crippen molar-refractivity contribution < 1.29 is 24.5 Å². The number of unbranched alkanes of at least 4 members (excludes halogenated alkanes) is 34. The molecule has 0 heterocycles. The number of hydrogen-bond acceptors (Lipinski definition) is 5. The van der Waals surface area contributed by atoms with E-state index in [2.05, 4.69) is 38.2 Å². The average molecular weight is 834 g/mol. The molecule has 59 heavy (non-hydrogen) atoms. The second-order valence-corrected chi connectivity index (χ2v) is 18.3. The molecule has 3 unspecified atom stereocenters. The highest BCUT2D eigenvalue weighted by molar-refractivity contribution is 5.77. The van der Waals surface area contributed by atoms with Crippen LogP contribution in [0, 0.1) is 0 Å². The van der Waals surface area contributed by atoms with Crippen LogP contribution in [0.5, 0.6) is 0 Å². The smallest absolute Gasteiger partial charge is 0.306 e. The summed E-state index contributed by atoms with van der Waals surface area (Å²) in [6.45, 7) is 6.49. The molecule has 3 N–H and O–H groups in total. The molecule has 0 saturated carbocycles. The van der Waals surface area contributed by atoms with Crippen molar-refractivity contribution in [1.29, 1.82) is 0 Å². The third-order valence-electron chi connectivity index (χ3n) is 12.3. The molecule has 0 fully saturated rings. The molecule has 0 aliphatic rings. The first-order valence-electron chi connectivity index (χ1n) is 26.4. The summed E-state index contributed by atoms with van der Waals surface area (Å²) < 4.78 is 5.93. The van der Waals surface area contributed by atoms with Crippen molar-refractivity contribution in [1.82, 2.24) is 5.32 Å². The average Bonchev–Trinajstić information content (AvgIpc) is 3.23. The summed E-state index contributed by atoms with van der Waals surface area (Å²) in [5.74, 6) is -0.462. The highest BCUT2D eigenvalue weighted by atomic mass is 16.5. The SMILES string of the molecule is CCCCCC/C=C\CCCCCCCCCC(=O)OC(CCCCCCCCCCCCC)CC(=O)NC(CO)C(O)CCCCCCCCCCCCCCCC. The largest absolute Gasteiger partial charge is 0.462 e. The zero-order valence-electron chi connectivity index (χ0n) is 39.9. The Kier molecular flexibility index (Phi) is 46.5. The van der Waals surface area contributed by atoms with Crippen molar-refractivity contribution in [2.75, 3.05) is 6.61 Å². The molecule has 1 amide bonds. The number of amides is 1. The van der Waals surface area contributed by atoms with Gasteiger partial charge in [-0.05, 0) is 51.4 Å². The van der Waals surface area contributed by atoms with Crippen LogP contribution in [-0.4, -0.2) is 46.9 Å². The maximum Gasteiger partial charge on any atom is 0.306 e. The first-order chi connectivity index (χ1) is 29.0. The van der Waals surface area contributed by atoms with E-state index in [0.717, 1.165) is 44.9 Å². The molecule has 6 heteroatoms. The second-order valence-electron chi connectivity index (χ2n) is 18.3. The van der Waals surface area contributed by atoms with Crippen molar-refractivity contribution >= 4 is 11.9 Å². The van der Waals surface area contributed by atoms with Crippen LogP contribution in [0.1, 0.15) is 290 Å². The molecule has 0 rings (SSSR count). The summed E-state index contributed by atoms with van der Waals surface area (Å²) >= 11 is 0. The van der Waals surface area contributed by atoms with E-state index < -0.39 is 18.2 Å². The second kappa shape index (κ2) is 47.6. The molecule has 6 nitrogen and oxygen atoms in total. The van der Waals surface area contributed by atoms with E-state index in [1.54, 1.807) is 0 Å². The number of carbonyl (C=O) groups is 2. The van der Waals surface area contributed by atoms with Gasteiger partial charge in [-0.2, -0.15) is 0 Å². The summed E-state index contributed by atoms with van der Waals surface area (Å²) in [5, 5.41) is 23.8. The van der Waals surface area contributed by atoms with E-state index in [4.69, 9.17) is 4.74 Å². The standard InChI is InChI=1S/C53H103NO5/c1-4-7-10-13-16-19-22-24-26-28-31-34-37-40-43-46-53(58)59-49(44-41-38-35-32-29-21-18-15-12-9-6-3)47-52(57)54-50(48-55)51(56)45-42-39-36-33-30-27-25-23-20-17-14-11-8-5-2/h19,22,49-51,55-56H,4-18,20-21,23-48H2,1-3H3,(H,54,57)/b22-19-. The molecule has 3 atom stereocenters. The van der Waals surface area contributed by atoms with Gasteiger partial charge in [0.15, 0.2) is 0 Å². The van der Waals surface area contributed by atoms with Crippen molar-refractivity contribution in [3.05, 3.63) is 12.2 Å². The number of carbonyl (C=O) groups excluding carboxylic acids is 2. The van der Waals surface area contributed by atoms with Gasteiger partial charge in [0.05, 0.1) is 25.2 Å². The van der Waals surface area contributed by atoms with Gasteiger partial charge in [0.25, 0.3) is 0 Å². The highest BCUT2D eigenvalue weighted by Crippen LogP contribution is 2.18. The van der Waals surface area contributed by atoms with Gasteiger partial charge in [-0.15, -0.1) is 0 Å². The van der Waals surface area contributed by atoms with Gasteiger partial charge >= 0.3 is 5.97 Å². The van der Waals surface area contributed by atoms with Gasteiger partial charge in [-0.1, -0.05) is 238 Å². The highest BCUT2D eigenvalue weighted by Gasteiger charge is 2.24. The topological polar surface area (TPSA) is 95.9 Å². The fourth-order valence-corrected chi connectivity index (χ4v) is 8.31. The Balaban J connectivity index is 4.48. The third kappa shape index (κ3) is 43.1. The first-order valence-corrected chi connectivity index (χ1v) is 26.4. The molecule has 0 radical (unpaired) electrons. The quantitative estimate of drug-likeness (QED) is 0.0322. The number of ether oxygens (including phenoxy) is 1. The Hall–Kier alpha value is -1.40. The lowest BCUT2D eigenvalue weighted by Gasteiger charge is -2.24. The Morgan fingerprint density at radius 2 is 0.814 bits per heavy atom. The number of rotatable bonds is 48. The van der Waals surface area contributed by atoms with E-state index in [9.17, 15) is 19.8 Å². The Bertz CT molecular complexity index is 893. The summed E-state index contributed by atoms with van der Waals surface area (Å²) in [6.07, 6.45) is 52.7. The molecule has 0 aromatic heterocycles. The van der Waals surface area contributed by atoms with Crippen LogP contribution in [0.4, 0.5) is 0 Å². The van der Waals surface area contributed by atoms with Gasteiger partial charge in [0, 0.05) is 6.42 Å². The minimum Gasteiger partial charge on any atom is -0.462 e. The summed E-state index contributed by atoms with van der Waals surface area (Å²) in [7, 11) is 0. The zero-order valence-corrected chi connectivity index (χ0v) is 39.9. The predicted octanol–water partition coefficient (Wildman–Crippen LogP) is 15.7. The molecule has 0 aliphatic heterocycles. The molecule has 0 aromatic carbocycles. The number of allylic oxidation sites excluding steroid dienone is 2. The van der Waals surface area contributed by atoms with E-state index >= 15 is 0 Å². The van der Waals surface area contributed by atoms with Crippen LogP contribution >= 0.6 is 0 Å². The minimum atomic E-state index is -0.782. The molecule has 0 spiro atoms. The first kappa shape index (κ1) is 57.6. The fraction of sp³-hybridized carbons (Fsp3) is 0.925. The predicted molar refractivity (Wildman–Crippen MR) is 255 cm³/mol. The normalized spacial score (nSPS) is 13.2. The monoisotopic (exact) mass is 834 g/mol. The van der Waals surface area contributed by atoms with Crippen LogP contribution < -0.4 is 5.32 Å². The van der Waals surface area contributed by atoms with Gasteiger partial charge in [-0.3, -0.25) is 9.59 Å². The van der Waals surface area contributed by atoms with Gasteiger partial charge in [0.1, 0.15) is 6.10 Å². The molecule has 350 valence electrons. The van der Waals surface area contributed by atoms with Gasteiger partial charge < -0.3 is 20.3 Å². The lowest BCUT2D eigenvalue weighted by Crippen LogP contribution is -2.46. The maximum atomic E-state index is 13.2. The zero-order chi connectivity index (χ0) is 43.1. The molecular formula is C53H103NO5. The molecule has 0 aliphatic carbocycles. The molecule has 0 saturated heterocycles. The van der Waals surface area contributed by atoms with Crippen LogP contribution in [0.25, 0.3) is 0 Å². The van der Waals surface area contributed by atoms with Crippen LogP contribution in [0.3, 0.4) is 0 Å². The van der Waals surface area contributed by atoms with Crippen LogP contribution in [0.2, 0.25) is 0 Å². The van der Waals surface area contributed by atoms with E-state index in [1.165, 1.54) is 199 Å². The number of hydrogen-bond donors (Lipinski definition) is 3. The summed E-state index contributed by atoms with van der Waals surface area (Å²) in [4.78, 5) is 26.1. The fourth-order valence-electron chi connectivity index (χ4n) is 8.31. The Morgan fingerprint density at radius 3 is 1.22 bits per heavy atom. The van der Waals surface area contributed by atoms with Gasteiger partial charge in [-0.25, -0.2) is 0 Å². The van der Waals surface area contributed by atoms with Crippen molar-refractivity contribution in [2.45, 2.75) is 309 Å². The van der Waals surface area contributed by atoms with E-state index in [0.29, 0.717) is 19.3 Å². The number of esters is 1. The van der Waals surface area contributed by atoms with Crippen LogP contribution in [-0.2, 0) is 14.3 Å². The lowest BCUT2D eigenvalue weighted by molar-refractivity contribution is -0.151. The van der Waals surface area contributed by atoms with Crippen molar-refractivity contribution in [3.8, 4) is 0 Å². The number of nitrogens with one attached hydrogen (secondary N) is 1. The maximum absolute atomic E-state index is 13.2. The Morgan fingerprint density at radius 1 is 0.475 bits per heavy atom. The summed E-state index contributed by atoms with van der Waals surface area (Å²) in [5.41, 5.74) is 0. The minimum absolute atomic E-state index is 0.0830. The van der Waals surface area contributed by atoms with Crippen molar-refractivity contribution in [3.63, 3.8) is 0 Å². The van der Waals surface area contributed by atoms with Crippen molar-refractivity contribution in [2.24, 2.45) is 0 Å². The number of aliphatic hydroxyl groups is 2. The van der Waals surface area contributed by atoms with E-state index in [-0.39, 0.29) is 24.9 Å². The Labute approximate surface area is 368 Å². The van der Waals surface area contributed by atoms with Crippen LogP contribution in [0.15, 0.2) is 12.2 Å². The molecular weight excluding hydrogens is 731 g/mol. The van der Waals surface area contributed by atoms with Gasteiger partial charge in [0.2, 0.25) is 5.91 Å². The third-order valence-corrected chi connectivity index (χ3v) is 12.3.